The zero-order valence-electron chi connectivity index (χ0n) is 12.7. The third-order valence-corrected chi connectivity index (χ3v) is 4.05. The Bertz CT molecular complexity index is 782. The molecule has 3 rings (SSSR count). The molecular weight excluding hydrogens is 312 g/mol. The van der Waals surface area contributed by atoms with Gasteiger partial charge in [-0.15, -0.1) is 11.3 Å². The maximum atomic E-state index is 12.0. The monoisotopic (exact) mass is 328 g/mol. The molecule has 3 aromatic rings. The lowest BCUT2D eigenvalue weighted by atomic mass is 10.3. The first-order valence-corrected chi connectivity index (χ1v) is 8.18. The first-order valence-electron chi connectivity index (χ1n) is 7.30. The van der Waals surface area contributed by atoms with Gasteiger partial charge in [-0.1, -0.05) is 13.0 Å². The number of thiazole rings is 1. The molecule has 0 aliphatic carbocycles. The SMILES string of the molecule is CCc1ncc(CNC(=O)Cc2csc(-c3ccccn3)n2)o1. The Balaban J connectivity index is 1.55. The van der Waals surface area contributed by atoms with Gasteiger partial charge in [0.05, 0.1) is 30.6 Å². The molecule has 0 atom stereocenters. The molecule has 0 fully saturated rings. The lowest BCUT2D eigenvalue weighted by Crippen LogP contribution is -2.24. The number of carbonyl (C=O) groups excluding carboxylic acids is 1. The Morgan fingerprint density at radius 2 is 2.26 bits per heavy atom. The number of amides is 1. The number of nitrogens with one attached hydrogen (secondary N) is 1. The largest absolute Gasteiger partial charge is 0.444 e. The number of pyridine rings is 1. The van der Waals surface area contributed by atoms with Crippen LogP contribution >= 0.6 is 11.3 Å². The smallest absolute Gasteiger partial charge is 0.226 e. The van der Waals surface area contributed by atoms with Gasteiger partial charge in [0.1, 0.15) is 10.8 Å². The minimum atomic E-state index is -0.0997. The summed E-state index contributed by atoms with van der Waals surface area (Å²) in [5.74, 6) is 1.23. The molecular formula is C16H16N4O2S. The summed E-state index contributed by atoms with van der Waals surface area (Å²) in [6.07, 6.45) is 4.34. The van der Waals surface area contributed by atoms with Gasteiger partial charge in [-0.2, -0.15) is 0 Å². The molecule has 0 aliphatic heterocycles. The number of oxazole rings is 1. The predicted octanol–water partition coefficient (Wildman–Crippen LogP) is 2.61. The van der Waals surface area contributed by atoms with Gasteiger partial charge in [0.15, 0.2) is 5.89 Å². The van der Waals surface area contributed by atoms with E-state index in [4.69, 9.17) is 4.42 Å². The van der Waals surface area contributed by atoms with Crippen LogP contribution in [0.3, 0.4) is 0 Å². The standard InChI is InChI=1S/C16H16N4O2S/c1-2-15-19-9-12(22-15)8-18-14(21)7-11-10-23-16(20-11)13-5-3-4-6-17-13/h3-6,9-10H,2,7-8H2,1H3,(H,18,21). The molecule has 0 bridgehead atoms. The Hall–Kier alpha value is -2.54. The summed E-state index contributed by atoms with van der Waals surface area (Å²) in [5, 5.41) is 5.51. The summed E-state index contributed by atoms with van der Waals surface area (Å²) >= 11 is 1.48. The number of rotatable bonds is 6. The third-order valence-electron chi connectivity index (χ3n) is 3.14. The Labute approximate surface area is 137 Å². The molecule has 0 spiro atoms. The van der Waals surface area contributed by atoms with Gasteiger partial charge in [0.25, 0.3) is 0 Å². The summed E-state index contributed by atoms with van der Waals surface area (Å²) in [4.78, 5) is 24.8. The number of aryl methyl sites for hydroxylation is 1. The minimum absolute atomic E-state index is 0.0997. The molecule has 0 saturated carbocycles. The maximum absolute atomic E-state index is 12.0. The second-order valence-corrected chi connectivity index (χ2v) is 5.74. The van der Waals surface area contributed by atoms with E-state index in [0.29, 0.717) is 18.2 Å². The molecule has 7 heteroatoms. The number of hydrogen-bond donors (Lipinski definition) is 1. The Kier molecular flexibility index (Phi) is 4.77. The predicted molar refractivity (Wildman–Crippen MR) is 86.8 cm³/mol. The van der Waals surface area contributed by atoms with E-state index < -0.39 is 0 Å². The summed E-state index contributed by atoms with van der Waals surface area (Å²) in [7, 11) is 0. The molecule has 3 heterocycles. The van der Waals surface area contributed by atoms with E-state index in [9.17, 15) is 4.79 Å². The van der Waals surface area contributed by atoms with Crippen molar-refractivity contribution in [2.24, 2.45) is 0 Å². The number of nitrogens with zero attached hydrogens (tertiary/aromatic N) is 3. The van der Waals surface area contributed by atoms with Crippen LogP contribution in [0.15, 0.2) is 40.4 Å². The van der Waals surface area contributed by atoms with Crippen molar-refractivity contribution in [1.29, 1.82) is 0 Å². The van der Waals surface area contributed by atoms with Gasteiger partial charge in [-0.3, -0.25) is 9.78 Å². The van der Waals surface area contributed by atoms with Crippen molar-refractivity contribution in [2.75, 3.05) is 0 Å². The van der Waals surface area contributed by atoms with Crippen LogP contribution < -0.4 is 5.32 Å². The van der Waals surface area contributed by atoms with Crippen LogP contribution in [0.25, 0.3) is 10.7 Å². The molecule has 1 N–H and O–H groups in total. The van der Waals surface area contributed by atoms with Gasteiger partial charge in [0, 0.05) is 18.0 Å². The summed E-state index contributed by atoms with van der Waals surface area (Å²) in [6, 6.07) is 5.68. The fraction of sp³-hybridized carbons (Fsp3) is 0.250. The highest BCUT2D eigenvalue weighted by molar-refractivity contribution is 7.13. The first kappa shape index (κ1) is 15.4. The minimum Gasteiger partial charge on any atom is -0.444 e. The van der Waals surface area contributed by atoms with Gasteiger partial charge in [0.2, 0.25) is 5.91 Å². The second kappa shape index (κ2) is 7.15. The van der Waals surface area contributed by atoms with Crippen LogP contribution in [0.5, 0.6) is 0 Å². The lowest BCUT2D eigenvalue weighted by Gasteiger charge is -2.01. The van der Waals surface area contributed by atoms with Crippen molar-refractivity contribution < 1.29 is 9.21 Å². The van der Waals surface area contributed by atoms with E-state index in [0.717, 1.165) is 22.8 Å². The highest BCUT2D eigenvalue weighted by Gasteiger charge is 2.10. The van der Waals surface area contributed by atoms with E-state index in [2.05, 4.69) is 20.3 Å². The number of aromatic nitrogens is 3. The Morgan fingerprint density at radius 1 is 1.35 bits per heavy atom. The fourth-order valence-corrected chi connectivity index (χ4v) is 2.80. The maximum Gasteiger partial charge on any atom is 0.226 e. The van der Waals surface area contributed by atoms with Gasteiger partial charge in [-0.25, -0.2) is 9.97 Å². The van der Waals surface area contributed by atoms with Crippen molar-refractivity contribution in [3.8, 4) is 10.7 Å². The zero-order chi connectivity index (χ0) is 16.1. The molecule has 0 radical (unpaired) electrons. The normalized spacial score (nSPS) is 10.7. The van der Waals surface area contributed by atoms with Crippen LogP contribution in [0.4, 0.5) is 0 Å². The van der Waals surface area contributed by atoms with Crippen molar-refractivity contribution in [3.05, 3.63) is 53.3 Å². The highest BCUT2D eigenvalue weighted by atomic mass is 32.1. The van der Waals surface area contributed by atoms with Crippen LogP contribution in [-0.2, 0) is 24.2 Å². The third kappa shape index (κ3) is 4.01. The van der Waals surface area contributed by atoms with Crippen LogP contribution in [0.1, 0.15) is 24.3 Å². The summed E-state index contributed by atoms with van der Waals surface area (Å²) < 4.78 is 5.45. The van der Waals surface area contributed by atoms with E-state index in [-0.39, 0.29) is 12.3 Å². The first-order chi connectivity index (χ1) is 11.2. The fourth-order valence-electron chi connectivity index (χ4n) is 2.00. The molecule has 1 amide bonds. The van der Waals surface area contributed by atoms with Crippen LogP contribution in [-0.4, -0.2) is 20.9 Å². The van der Waals surface area contributed by atoms with Crippen molar-refractivity contribution in [1.82, 2.24) is 20.3 Å². The second-order valence-electron chi connectivity index (χ2n) is 4.89. The van der Waals surface area contributed by atoms with Gasteiger partial charge >= 0.3 is 0 Å². The molecule has 118 valence electrons. The average Bonchev–Trinajstić information content (AvgIpc) is 3.23. The highest BCUT2D eigenvalue weighted by Crippen LogP contribution is 2.21. The Morgan fingerprint density at radius 3 is 3.00 bits per heavy atom. The molecule has 3 aromatic heterocycles. The van der Waals surface area contributed by atoms with E-state index in [1.165, 1.54) is 11.3 Å². The van der Waals surface area contributed by atoms with Crippen molar-refractivity contribution >= 4 is 17.2 Å². The van der Waals surface area contributed by atoms with Gasteiger partial charge < -0.3 is 9.73 Å². The van der Waals surface area contributed by atoms with E-state index >= 15 is 0 Å². The molecule has 0 aliphatic rings. The zero-order valence-corrected chi connectivity index (χ0v) is 13.5. The molecule has 6 nitrogen and oxygen atoms in total. The number of carbonyl (C=O) groups is 1. The summed E-state index contributed by atoms with van der Waals surface area (Å²) in [5.41, 5.74) is 1.55. The molecule has 0 aromatic carbocycles. The number of hydrogen-bond acceptors (Lipinski definition) is 6. The molecule has 0 saturated heterocycles. The van der Waals surface area contributed by atoms with Crippen molar-refractivity contribution in [3.63, 3.8) is 0 Å². The lowest BCUT2D eigenvalue weighted by molar-refractivity contribution is -0.120. The van der Waals surface area contributed by atoms with Crippen LogP contribution in [0.2, 0.25) is 0 Å². The quantitative estimate of drug-likeness (QED) is 0.752. The average molecular weight is 328 g/mol. The molecule has 0 unspecified atom stereocenters. The topological polar surface area (TPSA) is 80.9 Å². The van der Waals surface area contributed by atoms with E-state index in [1.807, 2.05) is 30.5 Å². The van der Waals surface area contributed by atoms with Crippen molar-refractivity contribution in [2.45, 2.75) is 26.3 Å². The van der Waals surface area contributed by atoms with Gasteiger partial charge in [-0.05, 0) is 12.1 Å². The van der Waals surface area contributed by atoms with Crippen LogP contribution in [0, 0.1) is 0 Å². The summed E-state index contributed by atoms with van der Waals surface area (Å²) in [6.45, 7) is 2.30. The van der Waals surface area contributed by atoms with E-state index in [1.54, 1.807) is 12.4 Å². The molecule has 23 heavy (non-hydrogen) atoms.